The number of hydrogen-bond donors (Lipinski definition) is 0. The zero-order valence-electron chi connectivity index (χ0n) is 20.3. The number of benzene rings is 2. The van der Waals surface area contributed by atoms with Gasteiger partial charge in [0, 0.05) is 36.8 Å². The van der Waals surface area contributed by atoms with Crippen LogP contribution in [0.4, 0.5) is 0 Å². The first-order valence-corrected chi connectivity index (χ1v) is 12.3. The smallest absolute Gasteiger partial charge is 0.254 e. The van der Waals surface area contributed by atoms with Crippen molar-refractivity contribution in [2.75, 3.05) is 33.0 Å². The van der Waals surface area contributed by atoms with E-state index in [0.717, 1.165) is 36.6 Å². The number of nitrogens with zero attached hydrogens (tertiary/aromatic N) is 2. The van der Waals surface area contributed by atoms with Gasteiger partial charge in [-0.1, -0.05) is 37.3 Å². The molecule has 3 aromatic rings. The highest BCUT2D eigenvalue weighted by molar-refractivity contribution is 5.95. The van der Waals surface area contributed by atoms with Crippen LogP contribution in [0.3, 0.4) is 0 Å². The van der Waals surface area contributed by atoms with Crippen LogP contribution in [-0.2, 0) is 11.3 Å². The van der Waals surface area contributed by atoms with Gasteiger partial charge in [-0.25, -0.2) is 0 Å². The monoisotopic (exact) mass is 476 g/mol. The fourth-order valence-corrected chi connectivity index (χ4v) is 4.57. The second kappa shape index (κ2) is 10.5. The normalized spacial score (nSPS) is 18.4. The van der Waals surface area contributed by atoms with E-state index in [0.29, 0.717) is 36.8 Å². The molecule has 0 radical (unpaired) electrons. The zero-order chi connectivity index (χ0) is 24.2. The standard InChI is InChI=1S/C28H32N2O5/c1-3-20(2)30(28(31)22-9-11-26-27(15-22)34-19-33-26)18-24-17-29(13-14-32-24)16-23-10-12-25(35-23)21-7-5-4-6-8-21/h4-12,15,20,24H,3,13-14,16-19H2,1-2H3. The molecule has 1 amide bonds. The van der Waals surface area contributed by atoms with Gasteiger partial charge in [0.25, 0.3) is 5.91 Å². The Kier molecular flexibility index (Phi) is 7.06. The third-order valence-corrected chi connectivity index (χ3v) is 6.73. The molecular weight excluding hydrogens is 444 g/mol. The second-order valence-corrected chi connectivity index (χ2v) is 9.14. The summed E-state index contributed by atoms with van der Waals surface area (Å²) in [5.41, 5.74) is 1.68. The maximum Gasteiger partial charge on any atom is 0.254 e. The molecule has 7 heteroatoms. The van der Waals surface area contributed by atoms with Crippen LogP contribution in [0.1, 0.15) is 36.4 Å². The van der Waals surface area contributed by atoms with Crippen molar-refractivity contribution < 1.29 is 23.4 Å². The molecule has 2 aromatic carbocycles. The number of hydrogen-bond acceptors (Lipinski definition) is 6. The lowest BCUT2D eigenvalue weighted by molar-refractivity contribution is -0.0479. The minimum Gasteiger partial charge on any atom is -0.460 e. The average Bonchev–Trinajstić information content (AvgIpc) is 3.56. The van der Waals surface area contributed by atoms with Gasteiger partial charge in [0.1, 0.15) is 11.5 Å². The lowest BCUT2D eigenvalue weighted by Gasteiger charge is -2.37. The van der Waals surface area contributed by atoms with E-state index in [1.165, 1.54) is 0 Å². The highest BCUT2D eigenvalue weighted by Gasteiger charge is 2.29. The van der Waals surface area contributed by atoms with Crippen molar-refractivity contribution in [3.05, 3.63) is 72.0 Å². The van der Waals surface area contributed by atoms with Gasteiger partial charge in [0.2, 0.25) is 6.79 Å². The van der Waals surface area contributed by atoms with Gasteiger partial charge >= 0.3 is 0 Å². The first-order valence-electron chi connectivity index (χ1n) is 12.3. The Morgan fingerprint density at radius 3 is 2.74 bits per heavy atom. The summed E-state index contributed by atoms with van der Waals surface area (Å²) in [5.74, 6) is 3.09. The van der Waals surface area contributed by atoms with Crippen LogP contribution in [0.5, 0.6) is 11.5 Å². The van der Waals surface area contributed by atoms with Gasteiger partial charge in [-0.05, 0) is 43.7 Å². The molecule has 0 bridgehead atoms. The molecule has 0 N–H and O–H groups in total. The first kappa shape index (κ1) is 23.5. The largest absolute Gasteiger partial charge is 0.460 e. The van der Waals surface area contributed by atoms with E-state index in [9.17, 15) is 4.79 Å². The van der Waals surface area contributed by atoms with E-state index in [1.54, 1.807) is 18.2 Å². The van der Waals surface area contributed by atoms with Gasteiger partial charge in [0.05, 0.1) is 19.3 Å². The van der Waals surface area contributed by atoms with E-state index >= 15 is 0 Å². The molecule has 1 aromatic heterocycles. The van der Waals surface area contributed by atoms with Crippen molar-refractivity contribution in [1.29, 1.82) is 0 Å². The fraction of sp³-hybridized carbons (Fsp3) is 0.393. The lowest BCUT2D eigenvalue weighted by atomic mass is 10.1. The molecule has 2 aliphatic heterocycles. The number of carbonyl (C=O) groups excluding carboxylic acids is 1. The molecule has 35 heavy (non-hydrogen) atoms. The summed E-state index contributed by atoms with van der Waals surface area (Å²) in [6.45, 7) is 7.82. The maximum atomic E-state index is 13.5. The Morgan fingerprint density at radius 2 is 1.91 bits per heavy atom. The van der Waals surface area contributed by atoms with Crippen LogP contribution in [0.15, 0.2) is 65.1 Å². The highest BCUT2D eigenvalue weighted by Crippen LogP contribution is 2.33. The van der Waals surface area contributed by atoms with Crippen molar-refractivity contribution in [2.24, 2.45) is 0 Å². The van der Waals surface area contributed by atoms with E-state index in [2.05, 4.69) is 18.7 Å². The number of fused-ring (bicyclic) bond motifs is 1. The third-order valence-electron chi connectivity index (χ3n) is 6.73. The number of rotatable bonds is 8. The topological polar surface area (TPSA) is 64.4 Å². The minimum absolute atomic E-state index is 0.0167. The molecule has 0 saturated carbocycles. The fourth-order valence-electron chi connectivity index (χ4n) is 4.57. The number of morpholine rings is 1. The number of ether oxygens (including phenoxy) is 3. The SMILES string of the molecule is CCC(C)N(CC1CN(Cc2ccc(-c3ccccc3)o2)CCO1)C(=O)c1ccc2c(c1)OCO2. The summed E-state index contributed by atoms with van der Waals surface area (Å²) in [6, 6.07) is 19.7. The lowest BCUT2D eigenvalue weighted by Crippen LogP contribution is -2.50. The predicted molar refractivity (Wildman–Crippen MR) is 133 cm³/mol. The van der Waals surface area contributed by atoms with Crippen molar-refractivity contribution in [3.63, 3.8) is 0 Å². The Labute approximate surface area is 206 Å². The molecule has 2 aliphatic rings. The van der Waals surface area contributed by atoms with Crippen LogP contribution in [0.2, 0.25) is 0 Å². The molecule has 0 spiro atoms. The van der Waals surface area contributed by atoms with Crippen molar-refractivity contribution >= 4 is 5.91 Å². The summed E-state index contributed by atoms with van der Waals surface area (Å²) in [7, 11) is 0. The van der Waals surface area contributed by atoms with Crippen LogP contribution in [0.25, 0.3) is 11.3 Å². The van der Waals surface area contributed by atoms with Crippen LogP contribution in [-0.4, -0.2) is 60.9 Å². The average molecular weight is 477 g/mol. The predicted octanol–water partition coefficient (Wildman–Crippen LogP) is 4.82. The van der Waals surface area contributed by atoms with Gasteiger partial charge in [-0.2, -0.15) is 0 Å². The number of carbonyl (C=O) groups is 1. The summed E-state index contributed by atoms with van der Waals surface area (Å²) in [5, 5.41) is 0. The summed E-state index contributed by atoms with van der Waals surface area (Å²) < 4.78 is 23.1. The minimum atomic E-state index is -0.0701. The molecule has 2 atom stereocenters. The van der Waals surface area contributed by atoms with Crippen LogP contribution in [0, 0.1) is 0 Å². The number of furan rings is 1. The molecule has 5 rings (SSSR count). The molecule has 1 fully saturated rings. The van der Waals surface area contributed by atoms with E-state index in [-0.39, 0.29) is 24.8 Å². The zero-order valence-corrected chi connectivity index (χ0v) is 20.3. The number of amides is 1. The van der Waals surface area contributed by atoms with Gasteiger partial charge < -0.3 is 23.5 Å². The Bertz CT molecular complexity index is 1150. The summed E-state index contributed by atoms with van der Waals surface area (Å²) >= 11 is 0. The van der Waals surface area contributed by atoms with Crippen molar-refractivity contribution in [3.8, 4) is 22.8 Å². The Balaban J connectivity index is 1.24. The molecule has 184 valence electrons. The summed E-state index contributed by atoms with van der Waals surface area (Å²) in [4.78, 5) is 17.7. The van der Waals surface area contributed by atoms with Crippen LogP contribution < -0.4 is 9.47 Å². The molecule has 1 saturated heterocycles. The van der Waals surface area contributed by atoms with E-state index in [1.807, 2.05) is 47.4 Å². The molecule has 7 nitrogen and oxygen atoms in total. The van der Waals surface area contributed by atoms with Crippen molar-refractivity contribution in [1.82, 2.24) is 9.80 Å². The molecule has 3 heterocycles. The highest BCUT2D eigenvalue weighted by atomic mass is 16.7. The van der Waals surface area contributed by atoms with Gasteiger partial charge in [-0.3, -0.25) is 9.69 Å². The van der Waals surface area contributed by atoms with E-state index < -0.39 is 0 Å². The van der Waals surface area contributed by atoms with Gasteiger partial charge in [0.15, 0.2) is 11.5 Å². The van der Waals surface area contributed by atoms with Gasteiger partial charge in [-0.15, -0.1) is 0 Å². The molecule has 0 aliphatic carbocycles. The third kappa shape index (κ3) is 5.36. The molecular formula is C28H32N2O5. The van der Waals surface area contributed by atoms with Crippen molar-refractivity contribution in [2.45, 2.75) is 39.0 Å². The Hall–Kier alpha value is -3.29. The van der Waals surface area contributed by atoms with Crippen LogP contribution >= 0.6 is 0 Å². The molecule has 2 unspecified atom stereocenters. The quantitative estimate of drug-likeness (QED) is 0.465. The Morgan fingerprint density at radius 1 is 1.09 bits per heavy atom. The van der Waals surface area contributed by atoms with E-state index in [4.69, 9.17) is 18.6 Å². The second-order valence-electron chi connectivity index (χ2n) is 9.14. The first-order chi connectivity index (χ1) is 17.1. The summed E-state index contributed by atoms with van der Waals surface area (Å²) in [6.07, 6.45) is 0.792. The maximum absolute atomic E-state index is 13.5.